The van der Waals surface area contributed by atoms with Gasteiger partial charge in [-0.05, 0) is 24.1 Å². The maximum atomic E-state index is 13.5. The molecule has 2 aromatic carbocycles. The topological polar surface area (TPSA) is 53.8 Å². The lowest BCUT2D eigenvalue weighted by molar-refractivity contribution is -0.137. The summed E-state index contributed by atoms with van der Waals surface area (Å²) in [6.45, 7) is 0. The van der Waals surface area contributed by atoms with Crippen LogP contribution < -0.4 is 5.32 Å². The van der Waals surface area contributed by atoms with Crippen LogP contribution in [0.4, 0.5) is 17.6 Å². The number of hydrogen-bond acceptors (Lipinski definition) is 4. The van der Waals surface area contributed by atoms with E-state index in [-0.39, 0.29) is 23.1 Å². The average Bonchev–Trinajstić information content (AvgIpc) is 2.96. The van der Waals surface area contributed by atoms with E-state index in [0.29, 0.717) is 5.56 Å². The van der Waals surface area contributed by atoms with Crippen LogP contribution in [0.5, 0.6) is 0 Å². The van der Waals surface area contributed by atoms with Crippen LogP contribution in [0.1, 0.15) is 16.7 Å². The van der Waals surface area contributed by atoms with Gasteiger partial charge in [-0.2, -0.15) is 18.3 Å². The van der Waals surface area contributed by atoms with Crippen LogP contribution in [0.2, 0.25) is 0 Å². The molecule has 27 heavy (non-hydrogen) atoms. The minimum Gasteiger partial charge on any atom is -0.303 e. The summed E-state index contributed by atoms with van der Waals surface area (Å²) in [5, 5.41) is 9.69. The number of nitrogens with zero attached hydrogens (tertiary/aromatic N) is 2. The molecule has 3 rings (SSSR count). The van der Waals surface area contributed by atoms with Gasteiger partial charge in [0.1, 0.15) is 5.82 Å². The Kier molecular flexibility index (Phi) is 5.59. The first-order valence-electron chi connectivity index (χ1n) is 7.82. The van der Waals surface area contributed by atoms with E-state index < -0.39 is 22.8 Å². The van der Waals surface area contributed by atoms with Gasteiger partial charge >= 0.3 is 6.18 Å². The van der Waals surface area contributed by atoms with E-state index in [4.69, 9.17) is 0 Å². The van der Waals surface area contributed by atoms with E-state index >= 15 is 0 Å². The van der Waals surface area contributed by atoms with Gasteiger partial charge in [0.25, 0.3) is 0 Å². The minimum atomic E-state index is -4.44. The Hall–Kier alpha value is -2.68. The van der Waals surface area contributed by atoms with Gasteiger partial charge in [0.2, 0.25) is 5.91 Å². The molecule has 0 saturated carbocycles. The van der Waals surface area contributed by atoms with Crippen molar-refractivity contribution >= 4 is 29.1 Å². The summed E-state index contributed by atoms with van der Waals surface area (Å²) in [4.78, 5) is 12.0. The minimum absolute atomic E-state index is 0.121. The predicted octanol–water partition coefficient (Wildman–Crippen LogP) is 4.01. The Labute approximate surface area is 156 Å². The summed E-state index contributed by atoms with van der Waals surface area (Å²) >= 11 is 1.07. The van der Waals surface area contributed by atoms with E-state index in [2.05, 4.69) is 15.5 Å². The summed E-state index contributed by atoms with van der Waals surface area (Å²) in [6.07, 6.45) is -3.10. The molecule has 1 saturated heterocycles. The number of alkyl halides is 3. The van der Waals surface area contributed by atoms with E-state index in [0.717, 1.165) is 23.9 Å². The second-order valence-electron chi connectivity index (χ2n) is 5.67. The number of hydrogen-bond donors (Lipinski definition) is 1. The number of halogens is 4. The first-order valence-corrected chi connectivity index (χ1v) is 8.70. The summed E-state index contributed by atoms with van der Waals surface area (Å²) in [5.74, 6) is -0.816. The summed E-state index contributed by atoms with van der Waals surface area (Å²) < 4.78 is 51.8. The lowest BCUT2D eigenvalue weighted by Gasteiger charge is -2.10. The molecule has 1 atom stereocenters. The van der Waals surface area contributed by atoms with Crippen molar-refractivity contribution in [1.29, 1.82) is 0 Å². The van der Waals surface area contributed by atoms with Crippen molar-refractivity contribution < 1.29 is 22.4 Å². The van der Waals surface area contributed by atoms with Gasteiger partial charge in [0, 0.05) is 5.56 Å². The molecule has 9 heteroatoms. The van der Waals surface area contributed by atoms with Gasteiger partial charge in [-0.3, -0.25) is 4.79 Å². The maximum Gasteiger partial charge on any atom is 0.416 e. The lowest BCUT2D eigenvalue weighted by Crippen LogP contribution is -2.26. The Morgan fingerprint density at radius 1 is 1.15 bits per heavy atom. The monoisotopic (exact) mass is 395 g/mol. The van der Waals surface area contributed by atoms with Crippen LogP contribution in [-0.2, 0) is 17.4 Å². The van der Waals surface area contributed by atoms with Crippen molar-refractivity contribution in [3.63, 3.8) is 0 Å². The second kappa shape index (κ2) is 7.91. The highest BCUT2D eigenvalue weighted by Crippen LogP contribution is 2.31. The fourth-order valence-corrected chi connectivity index (χ4v) is 3.36. The predicted molar refractivity (Wildman–Crippen MR) is 96.1 cm³/mol. The number of carbonyl (C=O) groups is 1. The highest BCUT2D eigenvalue weighted by Gasteiger charge is 2.33. The Morgan fingerprint density at radius 3 is 2.67 bits per heavy atom. The quantitative estimate of drug-likeness (QED) is 0.483. The molecule has 1 fully saturated rings. The van der Waals surface area contributed by atoms with Gasteiger partial charge in [-0.25, -0.2) is 4.39 Å². The third kappa shape index (κ3) is 4.94. The van der Waals surface area contributed by atoms with E-state index in [9.17, 15) is 22.4 Å². The van der Waals surface area contributed by atoms with Crippen molar-refractivity contribution in [2.75, 3.05) is 0 Å². The number of rotatable bonds is 4. The molecule has 140 valence electrons. The van der Waals surface area contributed by atoms with Crippen LogP contribution >= 0.6 is 11.8 Å². The first kappa shape index (κ1) is 19.1. The van der Waals surface area contributed by atoms with E-state index in [1.807, 2.05) is 0 Å². The first-order chi connectivity index (χ1) is 12.8. The number of carbonyl (C=O) groups excluding carboxylic acids is 1. The third-order valence-corrected chi connectivity index (χ3v) is 4.77. The zero-order valence-corrected chi connectivity index (χ0v) is 14.5. The molecular weight excluding hydrogens is 382 g/mol. The zero-order chi connectivity index (χ0) is 19.4. The molecule has 1 amide bonds. The number of nitrogens with one attached hydrogen (secondary N) is 1. The van der Waals surface area contributed by atoms with E-state index in [1.165, 1.54) is 30.5 Å². The standard InChI is InChI=1S/C18H13F4N3OS/c19-14-7-2-1-5-12(14)10-23-25-17-24-16(26)15(27-17)9-11-4-3-6-13(8-11)18(20,21)22/h1-8,10,15H,9H2,(H,24,25,26). The van der Waals surface area contributed by atoms with Gasteiger partial charge in [-0.15, -0.1) is 5.10 Å². The van der Waals surface area contributed by atoms with Gasteiger partial charge in [0.05, 0.1) is 17.0 Å². The van der Waals surface area contributed by atoms with Gasteiger partial charge in [-0.1, -0.05) is 48.2 Å². The van der Waals surface area contributed by atoms with Gasteiger partial charge in [0.15, 0.2) is 5.17 Å². The maximum absolute atomic E-state index is 13.5. The molecule has 1 unspecified atom stereocenters. The molecule has 1 aliphatic heterocycles. The largest absolute Gasteiger partial charge is 0.416 e. The number of benzene rings is 2. The molecular formula is C18H13F4N3OS. The van der Waals surface area contributed by atoms with Crippen molar-refractivity contribution in [2.45, 2.75) is 17.8 Å². The average molecular weight is 395 g/mol. The van der Waals surface area contributed by atoms with Crippen LogP contribution in [0, 0.1) is 5.82 Å². The zero-order valence-electron chi connectivity index (χ0n) is 13.7. The molecule has 0 aliphatic carbocycles. The molecule has 2 aromatic rings. The molecule has 1 N–H and O–H groups in total. The fourth-order valence-electron chi connectivity index (χ4n) is 2.40. The van der Waals surface area contributed by atoms with Crippen LogP contribution in [0.25, 0.3) is 0 Å². The van der Waals surface area contributed by atoms with Gasteiger partial charge < -0.3 is 5.32 Å². The molecule has 0 bridgehead atoms. The van der Waals surface area contributed by atoms with Crippen LogP contribution in [0.15, 0.2) is 58.7 Å². The normalized spacial score (nSPS) is 19.0. The van der Waals surface area contributed by atoms with Crippen molar-refractivity contribution in [3.05, 3.63) is 71.0 Å². The van der Waals surface area contributed by atoms with Crippen molar-refractivity contribution in [2.24, 2.45) is 10.2 Å². The molecule has 4 nitrogen and oxygen atoms in total. The Morgan fingerprint density at radius 2 is 1.93 bits per heavy atom. The Balaban J connectivity index is 1.66. The summed E-state index contributed by atoms with van der Waals surface area (Å²) in [5.41, 5.74) is -0.114. The number of amides is 1. The second-order valence-corrected chi connectivity index (χ2v) is 6.86. The third-order valence-electron chi connectivity index (χ3n) is 3.70. The molecule has 1 aliphatic rings. The van der Waals surface area contributed by atoms with Crippen LogP contribution in [0.3, 0.4) is 0 Å². The molecule has 0 spiro atoms. The highest BCUT2D eigenvalue weighted by atomic mass is 32.2. The smallest absolute Gasteiger partial charge is 0.303 e. The number of thioether (sulfide) groups is 1. The number of amidine groups is 1. The van der Waals surface area contributed by atoms with Crippen molar-refractivity contribution in [1.82, 2.24) is 5.32 Å². The Bertz CT molecular complexity index is 911. The molecule has 0 radical (unpaired) electrons. The van der Waals surface area contributed by atoms with Crippen molar-refractivity contribution in [3.8, 4) is 0 Å². The summed E-state index contributed by atoms with van der Waals surface area (Å²) in [6, 6.07) is 10.9. The lowest BCUT2D eigenvalue weighted by atomic mass is 10.1. The fraction of sp³-hybridized carbons (Fsp3) is 0.167. The van der Waals surface area contributed by atoms with Crippen LogP contribution in [-0.4, -0.2) is 22.5 Å². The molecule has 0 aromatic heterocycles. The summed E-state index contributed by atoms with van der Waals surface area (Å²) in [7, 11) is 0. The molecule has 1 heterocycles. The van der Waals surface area contributed by atoms with E-state index in [1.54, 1.807) is 12.1 Å². The SMILES string of the molecule is O=C1NC(=NN=Cc2ccccc2F)SC1Cc1cccc(C(F)(F)F)c1. The highest BCUT2D eigenvalue weighted by molar-refractivity contribution is 8.15.